The molecule has 1 spiro atoms. The van der Waals surface area contributed by atoms with Gasteiger partial charge in [-0.1, -0.05) is 153 Å². The molecule has 3 heterocycles. The van der Waals surface area contributed by atoms with Crippen molar-refractivity contribution in [2.24, 2.45) is 0 Å². The summed E-state index contributed by atoms with van der Waals surface area (Å²) in [6, 6.07) is 61.8. The van der Waals surface area contributed by atoms with E-state index in [0.717, 1.165) is 0 Å². The Bertz CT molecular complexity index is 2300. The minimum atomic E-state index is -2.60. The van der Waals surface area contributed by atoms with Crippen LogP contribution in [-0.4, -0.2) is 8.07 Å². The fourth-order valence-electron chi connectivity index (χ4n) is 8.55. The SMILES string of the molecule is CC1(C)c2ccccc2N(c2ccc(-c3ccc4c(c3)[Si]3(c5ccccc5Sc5ccccc53)c3ccccc3S4)cc2)c2ccccc21. The van der Waals surface area contributed by atoms with Gasteiger partial charge in [-0.3, -0.25) is 0 Å². The second-order valence-corrected chi connectivity index (χ2v) is 19.5. The van der Waals surface area contributed by atoms with Gasteiger partial charge in [0.05, 0.1) is 11.4 Å². The maximum absolute atomic E-state index is 2.60. The summed E-state index contributed by atoms with van der Waals surface area (Å²) in [7, 11) is -2.60. The highest BCUT2D eigenvalue weighted by atomic mass is 32.2. The van der Waals surface area contributed by atoms with Crippen LogP contribution in [0.1, 0.15) is 25.0 Å². The van der Waals surface area contributed by atoms with Gasteiger partial charge >= 0.3 is 0 Å². The number of para-hydroxylation sites is 2. The van der Waals surface area contributed by atoms with Crippen molar-refractivity contribution in [2.75, 3.05) is 4.90 Å². The smallest absolute Gasteiger partial charge is 0.184 e. The molecule has 1 nitrogen and oxygen atoms in total. The van der Waals surface area contributed by atoms with Crippen LogP contribution in [0.3, 0.4) is 0 Å². The molecule has 49 heavy (non-hydrogen) atoms. The summed E-state index contributed by atoms with van der Waals surface area (Å²) in [5, 5.41) is 6.01. The van der Waals surface area contributed by atoms with Gasteiger partial charge in [-0.15, -0.1) is 0 Å². The average Bonchev–Trinajstić information content (AvgIpc) is 3.15. The van der Waals surface area contributed by atoms with Crippen molar-refractivity contribution in [1.29, 1.82) is 0 Å². The highest BCUT2D eigenvalue weighted by Crippen LogP contribution is 2.51. The first-order valence-electron chi connectivity index (χ1n) is 16.9. The van der Waals surface area contributed by atoms with Crippen LogP contribution in [-0.2, 0) is 5.41 Å². The third-order valence-electron chi connectivity index (χ3n) is 10.8. The van der Waals surface area contributed by atoms with Crippen LogP contribution in [0.15, 0.2) is 183 Å². The Morgan fingerprint density at radius 2 is 0.857 bits per heavy atom. The van der Waals surface area contributed by atoms with Crippen LogP contribution in [0, 0.1) is 0 Å². The van der Waals surface area contributed by atoms with Crippen molar-refractivity contribution < 1.29 is 0 Å². The molecule has 0 bridgehead atoms. The highest BCUT2D eigenvalue weighted by Gasteiger charge is 2.51. The van der Waals surface area contributed by atoms with Gasteiger partial charge < -0.3 is 4.90 Å². The second kappa shape index (κ2) is 10.9. The number of fused-ring (bicyclic) bond motifs is 10. The van der Waals surface area contributed by atoms with Gasteiger partial charge in [0, 0.05) is 30.7 Å². The van der Waals surface area contributed by atoms with Gasteiger partial charge in [0.1, 0.15) is 0 Å². The molecule has 3 aliphatic heterocycles. The summed E-state index contributed by atoms with van der Waals surface area (Å²) in [5.41, 5.74) is 8.83. The highest BCUT2D eigenvalue weighted by molar-refractivity contribution is 8.01. The Kier molecular flexibility index (Phi) is 6.48. The number of rotatable bonds is 2. The third-order valence-corrected chi connectivity index (χ3v) is 18.8. The molecule has 0 saturated carbocycles. The summed E-state index contributed by atoms with van der Waals surface area (Å²) < 4.78 is 0. The van der Waals surface area contributed by atoms with Gasteiger partial charge in [-0.05, 0) is 91.5 Å². The van der Waals surface area contributed by atoms with E-state index in [1.165, 1.54) is 79.6 Å². The molecule has 4 heteroatoms. The number of hydrogen-bond donors (Lipinski definition) is 0. The first kappa shape index (κ1) is 29.2. The Hall–Kier alpha value is -4.74. The van der Waals surface area contributed by atoms with E-state index in [1.807, 2.05) is 23.5 Å². The lowest BCUT2D eigenvalue weighted by molar-refractivity contribution is 0.632. The minimum Gasteiger partial charge on any atom is -0.310 e. The van der Waals surface area contributed by atoms with Gasteiger partial charge in [0.2, 0.25) is 0 Å². The van der Waals surface area contributed by atoms with E-state index in [9.17, 15) is 0 Å². The fraction of sp³-hybridized carbons (Fsp3) is 0.0667. The fourth-order valence-corrected chi connectivity index (χ4v) is 17.7. The molecule has 0 amide bonds. The molecule has 0 N–H and O–H groups in total. The number of anilines is 3. The summed E-state index contributed by atoms with van der Waals surface area (Å²) in [5.74, 6) is 0. The van der Waals surface area contributed by atoms with Crippen LogP contribution < -0.4 is 25.6 Å². The Labute approximate surface area is 297 Å². The van der Waals surface area contributed by atoms with Gasteiger partial charge in [-0.2, -0.15) is 0 Å². The largest absolute Gasteiger partial charge is 0.310 e. The molecule has 234 valence electrons. The summed E-state index contributed by atoms with van der Waals surface area (Å²) in [4.78, 5) is 7.99. The predicted molar refractivity (Wildman–Crippen MR) is 211 cm³/mol. The molecular formula is C45H33NS2Si. The third kappa shape index (κ3) is 4.15. The summed E-state index contributed by atoms with van der Waals surface area (Å²) >= 11 is 3.86. The standard InChI is InChI=1S/C45H33NS2Si/c1-45(2)33-13-3-5-15-35(33)46(36-16-6-4-14-34(36)45)32-26-23-30(24-27-32)31-25-28-40-44(29-31)49(43-22-12-9-19-39(43)48-40)41-20-10-7-17-37(41)47-38-18-8-11-21-42(38)49/h3-29H,1-2H3. The quantitative estimate of drug-likeness (QED) is 0.168. The van der Waals surface area contributed by atoms with Crippen LogP contribution >= 0.6 is 23.5 Å². The van der Waals surface area contributed by atoms with Gasteiger partial charge in [0.15, 0.2) is 8.07 Å². The zero-order chi connectivity index (χ0) is 32.7. The second-order valence-electron chi connectivity index (χ2n) is 13.7. The van der Waals surface area contributed by atoms with E-state index in [0.29, 0.717) is 0 Å². The van der Waals surface area contributed by atoms with Crippen LogP contribution in [0.25, 0.3) is 11.1 Å². The summed E-state index contributed by atoms with van der Waals surface area (Å²) in [6.07, 6.45) is 0. The van der Waals surface area contributed by atoms with Crippen LogP contribution in [0.5, 0.6) is 0 Å². The van der Waals surface area contributed by atoms with Crippen molar-refractivity contribution in [3.63, 3.8) is 0 Å². The van der Waals surface area contributed by atoms with Crippen molar-refractivity contribution in [2.45, 2.75) is 38.8 Å². The van der Waals surface area contributed by atoms with Crippen molar-refractivity contribution in [3.8, 4) is 11.1 Å². The Balaban J connectivity index is 1.14. The van der Waals surface area contributed by atoms with E-state index in [1.54, 1.807) is 0 Å². The normalized spacial score (nSPS) is 15.7. The van der Waals surface area contributed by atoms with Crippen molar-refractivity contribution in [3.05, 3.63) is 175 Å². The first-order chi connectivity index (χ1) is 24.0. The first-order valence-corrected chi connectivity index (χ1v) is 20.6. The molecule has 10 rings (SSSR count). The summed E-state index contributed by atoms with van der Waals surface area (Å²) in [6.45, 7) is 4.69. The molecule has 0 aliphatic carbocycles. The number of hydrogen-bond acceptors (Lipinski definition) is 3. The van der Waals surface area contributed by atoms with Gasteiger partial charge in [0.25, 0.3) is 0 Å². The number of nitrogens with zero attached hydrogens (tertiary/aromatic N) is 1. The molecule has 0 fully saturated rings. The average molecular weight is 680 g/mol. The maximum atomic E-state index is 2.54. The Morgan fingerprint density at radius 3 is 1.39 bits per heavy atom. The molecule has 0 unspecified atom stereocenters. The van der Waals surface area contributed by atoms with Crippen molar-refractivity contribution in [1.82, 2.24) is 0 Å². The molecule has 0 aromatic heterocycles. The van der Waals surface area contributed by atoms with E-state index < -0.39 is 8.07 Å². The zero-order valence-electron chi connectivity index (χ0n) is 27.4. The van der Waals surface area contributed by atoms with E-state index >= 15 is 0 Å². The minimum absolute atomic E-state index is 0.0713. The lowest BCUT2D eigenvalue weighted by Crippen LogP contribution is -2.78. The lowest BCUT2D eigenvalue weighted by atomic mass is 9.73. The van der Waals surface area contributed by atoms with E-state index in [2.05, 4.69) is 183 Å². The predicted octanol–water partition coefficient (Wildman–Crippen LogP) is 9.77. The molecule has 0 saturated heterocycles. The molecule has 7 aromatic rings. The van der Waals surface area contributed by atoms with E-state index in [4.69, 9.17) is 0 Å². The molecule has 3 aliphatic rings. The topological polar surface area (TPSA) is 3.24 Å². The molecule has 7 aromatic carbocycles. The Morgan fingerprint density at radius 1 is 0.429 bits per heavy atom. The molecule has 0 radical (unpaired) electrons. The van der Waals surface area contributed by atoms with Crippen LogP contribution in [0.4, 0.5) is 17.1 Å². The zero-order valence-corrected chi connectivity index (χ0v) is 30.0. The molecular weight excluding hydrogens is 647 g/mol. The van der Waals surface area contributed by atoms with E-state index in [-0.39, 0.29) is 5.41 Å². The van der Waals surface area contributed by atoms with Gasteiger partial charge in [-0.25, -0.2) is 0 Å². The maximum Gasteiger partial charge on any atom is 0.184 e. The number of benzene rings is 7. The van der Waals surface area contributed by atoms with Crippen molar-refractivity contribution >= 4 is 69.4 Å². The lowest BCUT2D eigenvalue weighted by Gasteiger charge is -2.43. The van der Waals surface area contributed by atoms with Crippen LogP contribution in [0.2, 0.25) is 0 Å². The monoisotopic (exact) mass is 679 g/mol. The molecule has 0 atom stereocenters.